The smallest absolute Gasteiger partial charge is 0.860 e. The maximum atomic E-state index is 10.0. The van der Waals surface area contributed by atoms with Gasteiger partial charge in [0.05, 0.1) is 0 Å². The fraction of sp³-hybridized carbons (Fsp3) is 0. The summed E-state index contributed by atoms with van der Waals surface area (Å²) in [6, 6.07) is 2.54. The van der Waals surface area contributed by atoms with Crippen molar-refractivity contribution in [2.45, 2.75) is 0 Å². The standard InChI is InChI=1S/2C4H5N3O2.Cu.H2O/c2*5-1-2(3(6)8)4(7)9;;/h2*8H,6H2,(H2,7,9);;1H2/q;;+2;/p-2/b2*3-2-;;. The first kappa shape index (κ1) is 25.8. The van der Waals surface area contributed by atoms with Crippen LogP contribution in [0.5, 0.6) is 0 Å². The molecule has 1 radical (unpaired) electrons. The van der Waals surface area contributed by atoms with Crippen molar-refractivity contribution in [3.63, 3.8) is 0 Å². The number of carbonyl (C=O) groups excluding carboxylic acids is 2. The fourth-order valence-corrected chi connectivity index (χ4v) is 0.463. The minimum atomic E-state index is -1.09. The van der Waals surface area contributed by atoms with Crippen molar-refractivity contribution in [1.29, 1.82) is 10.5 Å². The molecule has 10 N–H and O–H groups in total. The van der Waals surface area contributed by atoms with Crippen LogP contribution in [0.2, 0.25) is 0 Å². The van der Waals surface area contributed by atoms with Crippen molar-refractivity contribution >= 4 is 11.8 Å². The van der Waals surface area contributed by atoms with Gasteiger partial charge in [0.1, 0.15) is 23.3 Å². The molecule has 11 nitrogen and oxygen atoms in total. The molecule has 0 saturated heterocycles. The Morgan fingerprint density at radius 1 is 0.800 bits per heavy atom. The van der Waals surface area contributed by atoms with Gasteiger partial charge in [-0.05, 0) is 11.8 Å². The fourth-order valence-electron chi connectivity index (χ4n) is 0.463. The third kappa shape index (κ3) is 10.2. The normalized spacial score (nSPS) is 10.3. The van der Waals surface area contributed by atoms with Gasteiger partial charge in [-0.15, -0.1) is 0 Å². The van der Waals surface area contributed by atoms with Crippen LogP contribution in [0, 0.1) is 22.7 Å². The summed E-state index contributed by atoms with van der Waals surface area (Å²) in [6.07, 6.45) is 0. The molecule has 0 aromatic carbocycles. The summed E-state index contributed by atoms with van der Waals surface area (Å²) in [6.45, 7) is 0. The van der Waals surface area contributed by atoms with Crippen molar-refractivity contribution in [3.8, 4) is 12.1 Å². The first-order valence-corrected chi connectivity index (χ1v) is 3.92. The van der Waals surface area contributed by atoms with E-state index in [1.165, 1.54) is 12.1 Å². The molecule has 0 aliphatic rings. The van der Waals surface area contributed by atoms with Crippen LogP contribution in [0.3, 0.4) is 0 Å². The Kier molecular flexibility index (Phi) is 16.2. The molecule has 113 valence electrons. The third-order valence-corrected chi connectivity index (χ3v) is 1.21. The van der Waals surface area contributed by atoms with E-state index in [-0.39, 0.29) is 22.5 Å². The average molecular weight is 334 g/mol. The Bertz CT molecular complexity index is 446. The molecule has 2 amide bonds. The minimum absolute atomic E-state index is 0. The number of amides is 2. The van der Waals surface area contributed by atoms with E-state index >= 15 is 0 Å². The molecule has 0 heterocycles. The molecule has 0 aromatic rings. The summed E-state index contributed by atoms with van der Waals surface area (Å²) in [5.74, 6) is -4.37. The molecule has 0 fully saturated rings. The van der Waals surface area contributed by atoms with Gasteiger partial charge in [0, 0.05) is 0 Å². The zero-order chi connectivity index (χ0) is 14.9. The van der Waals surface area contributed by atoms with Gasteiger partial charge in [0.25, 0.3) is 11.8 Å². The molecule has 0 bridgehead atoms. The molecular weight excluding hydrogens is 324 g/mol. The Labute approximate surface area is 123 Å². The van der Waals surface area contributed by atoms with Crippen molar-refractivity contribution in [3.05, 3.63) is 22.9 Å². The van der Waals surface area contributed by atoms with Gasteiger partial charge < -0.3 is 38.6 Å². The van der Waals surface area contributed by atoms with Gasteiger partial charge >= 0.3 is 17.1 Å². The molecule has 0 aliphatic carbocycles. The quantitative estimate of drug-likeness (QED) is 0.163. The first-order chi connectivity index (χ1) is 8.18. The zero-order valence-corrected chi connectivity index (χ0v) is 10.6. The third-order valence-electron chi connectivity index (χ3n) is 1.21. The maximum Gasteiger partial charge on any atom is 2.00 e. The second kappa shape index (κ2) is 12.5. The molecule has 12 heteroatoms. The molecule has 20 heavy (non-hydrogen) atoms. The summed E-state index contributed by atoms with van der Waals surface area (Å²) >= 11 is 0. The van der Waals surface area contributed by atoms with Gasteiger partial charge in [-0.2, -0.15) is 10.5 Å². The molecule has 0 aliphatic heterocycles. The Morgan fingerprint density at radius 2 is 1.00 bits per heavy atom. The van der Waals surface area contributed by atoms with Crippen LogP contribution in [0.25, 0.3) is 0 Å². The largest absolute Gasteiger partial charge is 2.00 e. The molecular formula is C8H10CuN6O5. The van der Waals surface area contributed by atoms with Gasteiger partial charge in [-0.3, -0.25) is 9.59 Å². The summed E-state index contributed by atoms with van der Waals surface area (Å²) in [5.41, 5.74) is 16.7. The molecule has 0 unspecified atom stereocenters. The monoisotopic (exact) mass is 333 g/mol. The number of hydrogen-bond donors (Lipinski definition) is 4. The predicted octanol–water partition coefficient (Wildman–Crippen LogP) is -5.78. The zero-order valence-electron chi connectivity index (χ0n) is 9.64. The minimum Gasteiger partial charge on any atom is -0.860 e. The average Bonchev–Trinajstić information content (AvgIpc) is 2.17. The van der Waals surface area contributed by atoms with Crippen LogP contribution in [0.4, 0.5) is 0 Å². The van der Waals surface area contributed by atoms with Crippen LogP contribution in [-0.2, 0) is 26.7 Å². The molecule has 0 spiro atoms. The van der Waals surface area contributed by atoms with Crippen LogP contribution in [-0.4, -0.2) is 17.3 Å². The van der Waals surface area contributed by atoms with Gasteiger partial charge in [-0.25, -0.2) is 0 Å². The SMILES string of the molecule is N#C/C(C(N)=O)=C(\N)[O-].N#C/C(C(N)=O)=C(\N)[O-].O.[Cu+2]. The number of nitrogens with two attached hydrogens (primary N) is 4. The molecule has 0 aromatic heterocycles. The number of primary amides is 2. The summed E-state index contributed by atoms with van der Waals surface area (Å²) in [5, 5.41) is 36.0. The number of nitrogens with zero attached hydrogens (tertiary/aromatic N) is 2. The summed E-state index contributed by atoms with van der Waals surface area (Å²) < 4.78 is 0. The Balaban J connectivity index is -0.000000116. The van der Waals surface area contributed by atoms with E-state index in [1.807, 2.05) is 0 Å². The van der Waals surface area contributed by atoms with E-state index in [0.717, 1.165) is 0 Å². The van der Waals surface area contributed by atoms with E-state index in [4.69, 9.17) is 10.5 Å². The summed E-state index contributed by atoms with van der Waals surface area (Å²) in [4.78, 5) is 20.1. The van der Waals surface area contributed by atoms with Crippen LogP contribution in [0.1, 0.15) is 0 Å². The van der Waals surface area contributed by atoms with Crippen LogP contribution < -0.4 is 33.1 Å². The van der Waals surface area contributed by atoms with Crippen LogP contribution >= 0.6 is 0 Å². The van der Waals surface area contributed by atoms with E-state index < -0.39 is 34.7 Å². The van der Waals surface area contributed by atoms with Crippen LogP contribution in [0.15, 0.2) is 22.9 Å². The Hall–Kier alpha value is -2.92. The van der Waals surface area contributed by atoms with E-state index in [9.17, 15) is 19.8 Å². The molecule has 0 saturated carbocycles. The number of hydrogen-bond acceptors (Lipinski definition) is 8. The number of carbonyl (C=O) groups is 2. The van der Waals surface area contributed by atoms with Crippen molar-refractivity contribution in [2.75, 3.05) is 0 Å². The molecule has 0 atom stereocenters. The second-order valence-electron chi connectivity index (χ2n) is 2.43. The van der Waals surface area contributed by atoms with Gasteiger partial charge in [0.2, 0.25) is 0 Å². The predicted molar refractivity (Wildman–Crippen MR) is 55.7 cm³/mol. The summed E-state index contributed by atoms with van der Waals surface area (Å²) in [7, 11) is 0. The van der Waals surface area contributed by atoms with E-state index in [0.29, 0.717) is 0 Å². The second-order valence-corrected chi connectivity index (χ2v) is 2.43. The van der Waals surface area contributed by atoms with Crippen molar-refractivity contribution in [2.24, 2.45) is 22.9 Å². The number of rotatable bonds is 2. The van der Waals surface area contributed by atoms with E-state index in [2.05, 4.69) is 22.9 Å². The Morgan fingerprint density at radius 3 is 1.00 bits per heavy atom. The number of nitriles is 2. The van der Waals surface area contributed by atoms with Crippen molar-refractivity contribution in [1.82, 2.24) is 0 Å². The van der Waals surface area contributed by atoms with Gasteiger partial charge in [-0.1, -0.05) is 0 Å². The maximum absolute atomic E-state index is 10.0. The molecule has 0 rings (SSSR count). The van der Waals surface area contributed by atoms with Gasteiger partial charge in [0.15, 0.2) is 0 Å². The first-order valence-electron chi connectivity index (χ1n) is 3.92. The topological polar surface area (TPSA) is 263 Å². The van der Waals surface area contributed by atoms with Crippen molar-refractivity contribution < 1.29 is 42.3 Å². The van der Waals surface area contributed by atoms with E-state index in [1.54, 1.807) is 0 Å².